The molecule has 19 heavy (non-hydrogen) atoms. The molecule has 0 fully saturated rings. The molecule has 1 unspecified atom stereocenters. The van der Waals surface area contributed by atoms with Crippen molar-refractivity contribution in [2.24, 2.45) is 11.1 Å². The highest BCUT2D eigenvalue weighted by molar-refractivity contribution is 7.19. The molecule has 0 radical (unpaired) electrons. The highest BCUT2D eigenvalue weighted by Crippen LogP contribution is 2.29. The van der Waals surface area contributed by atoms with Crippen molar-refractivity contribution in [1.29, 1.82) is 0 Å². The lowest BCUT2D eigenvalue weighted by atomic mass is 9.90. The molecule has 1 aromatic heterocycles. The van der Waals surface area contributed by atoms with Gasteiger partial charge in [0.05, 0.1) is 5.71 Å². The van der Waals surface area contributed by atoms with Crippen LogP contribution in [0.2, 0.25) is 0 Å². The molecule has 0 saturated heterocycles. The summed E-state index contributed by atoms with van der Waals surface area (Å²) in [6, 6.07) is 7.68. The van der Waals surface area contributed by atoms with Crippen molar-refractivity contribution >= 4 is 33.2 Å². The molecular weight excluding hydrogens is 258 g/mol. The first-order valence-corrected chi connectivity index (χ1v) is 6.94. The fraction of sp³-hybridized carbons (Fsp3) is 0.200. The van der Waals surface area contributed by atoms with Gasteiger partial charge in [0.15, 0.2) is 5.43 Å². The van der Waals surface area contributed by atoms with Gasteiger partial charge < -0.3 is 5.21 Å². The van der Waals surface area contributed by atoms with Crippen LogP contribution in [0.4, 0.5) is 0 Å². The zero-order chi connectivity index (χ0) is 13.4. The summed E-state index contributed by atoms with van der Waals surface area (Å²) >= 11 is 1.64. The summed E-state index contributed by atoms with van der Waals surface area (Å²) in [4.78, 5) is 13.5. The number of allylic oxidation sites excluding steroid dienone is 1. The Kier molecular flexibility index (Phi) is 2.95. The smallest absolute Gasteiger partial charge is 0.191 e. The van der Waals surface area contributed by atoms with E-state index in [0.717, 1.165) is 20.5 Å². The van der Waals surface area contributed by atoms with Gasteiger partial charge in [-0.05, 0) is 31.6 Å². The van der Waals surface area contributed by atoms with Gasteiger partial charge in [-0.2, -0.15) is 0 Å². The Morgan fingerprint density at radius 1 is 1.42 bits per heavy atom. The maximum absolute atomic E-state index is 12.5. The number of hydrogen-bond acceptors (Lipinski definition) is 4. The molecule has 1 aliphatic rings. The highest BCUT2D eigenvalue weighted by Gasteiger charge is 2.20. The molecule has 0 aliphatic heterocycles. The van der Waals surface area contributed by atoms with Gasteiger partial charge in [0.2, 0.25) is 0 Å². The lowest BCUT2D eigenvalue weighted by Gasteiger charge is -2.17. The van der Waals surface area contributed by atoms with Crippen LogP contribution in [0.15, 0.2) is 40.3 Å². The monoisotopic (exact) mass is 271 g/mol. The van der Waals surface area contributed by atoms with Gasteiger partial charge in [0.25, 0.3) is 0 Å². The molecule has 0 saturated carbocycles. The van der Waals surface area contributed by atoms with Gasteiger partial charge in [-0.25, -0.2) is 0 Å². The molecule has 3 rings (SSSR count). The summed E-state index contributed by atoms with van der Waals surface area (Å²) in [5, 5.41) is 12.9. The molecule has 0 amide bonds. The number of benzene rings is 1. The fourth-order valence-corrected chi connectivity index (χ4v) is 3.48. The largest absolute Gasteiger partial charge is 0.411 e. The van der Waals surface area contributed by atoms with Crippen LogP contribution < -0.4 is 5.43 Å². The van der Waals surface area contributed by atoms with Crippen molar-refractivity contribution in [2.75, 3.05) is 0 Å². The summed E-state index contributed by atoms with van der Waals surface area (Å²) in [7, 11) is 0. The van der Waals surface area contributed by atoms with Crippen LogP contribution in [-0.2, 0) is 6.42 Å². The standard InChI is InChI=1S/C15H13NO2S/c1-9(16-18)10-6-7-14-12(8-10)15(17)11-4-2-3-5-13(11)19-14/h2-7,10,18H,8H2,1H3/b16-9+. The quantitative estimate of drug-likeness (QED) is 0.491. The molecule has 3 nitrogen and oxygen atoms in total. The van der Waals surface area contributed by atoms with E-state index >= 15 is 0 Å². The minimum absolute atomic E-state index is 0.0126. The third-order valence-corrected chi connectivity index (χ3v) is 4.70. The van der Waals surface area contributed by atoms with Crippen LogP contribution >= 0.6 is 11.3 Å². The topological polar surface area (TPSA) is 49.7 Å². The van der Waals surface area contributed by atoms with E-state index in [4.69, 9.17) is 5.21 Å². The SMILES string of the molecule is C/C(=N\O)C1C=Cc2sc3ccccc3c(=O)c2C1. The fourth-order valence-electron chi connectivity index (χ4n) is 2.38. The van der Waals surface area contributed by atoms with Crippen LogP contribution in [0.3, 0.4) is 0 Å². The Morgan fingerprint density at radius 2 is 2.21 bits per heavy atom. The molecular formula is C15H13NO2S. The Hall–Kier alpha value is -1.94. The van der Waals surface area contributed by atoms with Gasteiger partial charge in [0.1, 0.15) is 0 Å². The average Bonchev–Trinajstić information content (AvgIpc) is 2.46. The zero-order valence-electron chi connectivity index (χ0n) is 10.5. The van der Waals surface area contributed by atoms with E-state index in [1.165, 1.54) is 0 Å². The predicted octanol–water partition coefficient (Wildman–Crippen LogP) is 3.30. The lowest BCUT2D eigenvalue weighted by Crippen LogP contribution is -2.21. The third-order valence-electron chi connectivity index (χ3n) is 3.52. The van der Waals surface area contributed by atoms with Crippen LogP contribution in [0, 0.1) is 5.92 Å². The molecule has 0 bridgehead atoms. The second-order valence-electron chi connectivity index (χ2n) is 4.68. The number of fused-ring (bicyclic) bond motifs is 2. The van der Waals surface area contributed by atoms with E-state index < -0.39 is 0 Å². The molecule has 0 spiro atoms. The maximum atomic E-state index is 12.5. The Labute approximate surface area is 114 Å². The average molecular weight is 271 g/mol. The van der Waals surface area contributed by atoms with E-state index in [2.05, 4.69) is 5.16 Å². The molecule has 1 aliphatic carbocycles. The number of nitrogens with zero attached hydrogens (tertiary/aromatic N) is 1. The highest BCUT2D eigenvalue weighted by atomic mass is 32.1. The summed E-state index contributed by atoms with van der Waals surface area (Å²) in [6.45, 7) is 1.77. The Morgan fingerprint density at radius 3 is 3.00 bits per heavy atom. The second-order valence-corrected chi connectivity index (χ2v) is 5.77. The van der Waals surface area contributed by atoms with E-state index in [1.54, 1.807) is 18.3 Å². The maximum Gasteiger partial charge on any atom is 0.191 e. The summed E-state index contributed by atoms with van der Waals surface area (Å²) < 4.78 is 1.02. The minimum Gasteiger partial charge on any atom is -0.411 e. The van der Waals surface area contributed by atoms with Crippen molar-refractivity contribution in [3.8, 4) is 0 Å². The predicted molar refractivity (Wildman–Crippen MR) is 79.2 cm³/mol. The molecule has 1 heterocycles. The lowest BCUT2D eigenvalue weighted by molar-refractivity contribution is 0.315. The first-order valence-electron chi connectivity index (χ1n) is 6.12. The van der Waals surface area contributed by atoms with E-state index in [1.807, 2.05) is 36.4 Å². The Balaban J connectivity index is 2.20. The summed E-state index contributed by atoms with van der Waals surface area (Å²) in [5.41, 5.74) is 1.57. The van der Waals surface area contributed by atoms with Crippen molar-refractivity contribution in [2.45, 2.75) is 13.3 Å². The molecule has 96 valence electrons. The second kappa shape index (κ2) is 4.63. The summed E-state index contributed by atoms with van der Waals surface area (Å²) in [6.07, 6.45) is 4.58. The summed E-state index contributed by atoms with van der Waals surface area (Å²) in [5.74, 6) is 0.0126. The van der Waals surface area contributed by atoms with Crippen LogP contribution in [-0.4, -0.2) is 10.9 Å². The first-order chi connectivity index (χ1) is 9.20. The van der Waals surface area contributed by atoms with Gasteiger partial charge in [0, 0.05) is 26.4 Å². The van der Waals surface area contributed by atoms with E-state index in [9.17, 15) is 4.79 Å². The third kappa shape index (κ3) is 1.98. The number of oxime groups is 1. The van der Waals surface area contributed by atoms with Crippen molar-refractivity contribution in [1.82, 2.24) is 0 Å². The van der Waals surface area contributed by atoms with Crippen LogP contribution in [0.1, 0.15) is 17.4 Å². The first kappa shape index (κ1) is 12.1. The molecule has 1 aromatic carbocycles. The van der Waals surface area contributed by atoms with Gasteiger partial charge in [-0.1, -0.05) is 23.4 Å². The minimum atomic E-state index is 0.0126. The van der Waals surface area contributed by atoms with Gasteiger partial charge >= 0.3 is 0 Å². The molecule has 2 aromatic rings. The zero-order valence-corrected chi connectivity index (χ0v) is 11.3. The van der Waals surface area contributed by atoms with E-state index in [-0.39, 0.29) is 11.3 Å². The number of rotatable bonds is 1. The number of hydrogen-bond donors (Lipinski definition) is 1. The van der Waals surface area contributed by atoms with Crippen molar-refractivity contribution in [3.63, 3.8) is 0 Å². The van der Waals surface area contributed by atoms with Crippen molar-refractivity contribution < 1.29 is 5.21 Å². The molecule has 4 heteroatoms. The van der Waals surface area contributed by atoms with Gasteiger partial charge in [-0.15, -0.1) is 11.3 Å². The van der Waals surface area contributed by atoms with Crippen LogP contribution in [0.5, 0.6) is 0 Å². The van der Waals surface area contributed by atoms with Crippen LogP contribution in [0.25, 0.3) is 16.2 Å². The molecule has 1 atom stereocenters. The van der Waals surface area contributed by atoms with Gasteiger partial charge in [-0.3, -0.25) is 4.79 Å². The Bertz CT molecular complexity index is 758. The van der Waals surface area contributed by atoms with E-state index in [0.29, 0.717) is 12.1 Å². The normalized spacial score (nSPS) is 18.6. The van der Waals surface area contributed by atoms with Crippen molar-refractivity contribution in [3.05, 3.63) is 51.0 Å². The molecule has 1 N–H and O–H groups in total.